The van der Waals surface area contributed by atoms with E-state index >= 15 is 0 Å². The highest BCUT2D eigenvalue weighted by Crippen LogP contribution is 2.48. The molecular formula is C15H21F2NO3S. The largest absolute Gasteiger partial charge is 0.395 e. The molecule has 7 heteroatoms. The molecule has 0 saturated heterocycles. The van der Waals surface area contributed by atoms with Gasteiger partial charge in [-0.1, -0.05) is 6.92 Å². The van der Waals surface area contributed by atoms with Gasteiger partial charge in [-0.05, 0) is 37.0 Å². The van der Waals surface area contributed by atoms with E-state index in [4.69, 9.17) is 0 Å². The Hall–Kier alpha value is -1.05. The van der Waals surface area contributed by atoms with Gasteiger partial charge in [0, 0.05) is 24.1 Å². The van der Waals surface area contributed by atoms with E-state index in [1.165, 1.54) is 0 Å². The van der Waals surface area contributed by atoms with Gasteiger partial charge in [-0.15, -0.1) is 0 Å². The van der Waals surface area contributed by atoms with Crippen molar-refractivity contribution >= 4 is 10.0 Å². The summed E-state index contributed by atoms with van der Waals surface area (Å²) in [5, 5.41) is 9.34. The first-order valence-electron chi connectivity index (χ1n) is 7.28. The molecule has 0 spiro atoms. The van der Waals surface area contributed by atoms with Crippen LogP contribution in [0.25, 0.3) is 0 Å². The Balaban J connectivity index is 2.31. The number of sulfonamides is 1. The third-order valence-corrected chi connectivity index (χ3v) is 5.40. The van der Waals surface area contributed by atoms with E-state index in [-0.39, 0.29) is 30.8 Å². The molecule has 4 nitrogen and oxygen atoms in total. The van der Waals surface area contributed by atoms with Gasteiger partial charge in [0.2, 0.25) is 10.0 Å². The molecule has 0 radical (unpaired) electrons. The zero-order valence-electron chi connectivity index (χ0n) is 12.8. The van der Waals surface area contributed by atoms with Crippen molar-refractivity contribution in [1.82, 2.24) is 4.31 Å². The summed E-state index contributed by atoms with van der Waals surface area (Å²) in [5.41, 5.74) is -0.477. The van der Waals surface area contributed by atoms with Gasteiger partial charge in [0.1, 0.15) is 11.6 Å². The minimum Gasteiger partial charge on any atom is -0.395 e. The second-order valence-electron chi connectivity index (χ2n) is 5.96. The van der Waals surface area contributed by atoms with Gasteiger partial charge in [0.25, 0.3) is 0 Å². The molecule has 1 aliphatic rings. The summed E-state index contributed by atoms with van der Waals surface area (Å²) in [4.78, 5) is 0. The maximum atomic E-state index is 14.2. The van der Waals surface area contributed by atoms with E-state index < -0.39 is 27.1 Å². The fourth-order valence-corrected chi connectivity index (χ4v) is 3.47. The van der Waals surface area contributed by atoms with Gasteiger partial charge in [0.05, 0.1) is 12.9 Å². The van der Waals surface area contributed by atoms with Crippen LogP contribution in [0, 0.1) is 11.6 Å². The number of aliphatic hydroxyl groups is 1. The van der Waals surface area contributed by atoms with Crippen LogP contribution in [0.5, 0.6) is 0 Å². The lowest BCUT2D eigenvalue weighted by Crippen LogP contribution is -2.30. The minimum absolute atomic E-state index is 0.00821. The average Bonchev–Trinajstić information content (AvgIpc) is 3.21. The lowest BCUT2D eigenvalue weighted by molar-refractivity contribution is 0.251. The Bertz CT molecular complexity index is 657. The molecule has 0 atom stereocenters. The van der Waals surface area contributed by atoms with Crippen molar-refractivity contribution in [2.75, 3.05) is 19.4 Å². The molecule has 0 bridgehead atoms. The van der Waals surface area contributed by atoms with E-state index in [0.717, 1.165) is 22.7 Å². The number of hydrogen-bond donors (Lipinski definition) is 1. The molecule has 1 saturated carbocycles. The second-order valence-corrected chi connectivity index (χ2v) is 7.94. The Morgan fingerprint density at radius 2 is 1.91 bits per heavy atom. The number of benzene rings is 1. The van der Waals surface area contributed by atoms with Crippen molar-refractivity contribution < 1.29 is 22.3 Å². The SMILES string of the molecule is CCCN(Cc1cc(F)c(C2(CO)CC2)cc1F)S(C)(=O)=O. The summed E-state index contributed by atoms with van der Waals surface area (Å²) in [7, 11) is -3.48. The van der Waals surface area contributed by atoms with Crippen LogP contribution in [-0.2, 0) is 22.0 Å². The van der Waals surface area contributed by atoms with E-state index in [0.29, 0.717) is 19.3 Å². The quantitative estimate of drug-likeness (QED) is 0.832. The third kappa shape index (κ3) is 3.47. The standard InChI is InChI=1S/C15H21F2NO3S/c1-3-6-18(22(2,20)21)9-11-7-14(17)12(8-13(11)16)15(10-19)4-5-15/h7-8,19H,3-6,9-10H2,1-2H3. The molecule has 124 valence electrons. The maximum Gasteiger partial charge on any atom is 0.211 e. The van der Waals surface area contributed by atoms with Gasteiger partial charge in [-0.2, -0.15) is 4.31 Å². The molecule has 1 aliphatic carbocycles. The second kappa shape index (κ2) is 6.22. The van der Waals surface area contributed by atoms with Gasteiger partial charge < -0.3 is 5.11 Å². The van der Waals surface area contributed by atoms with Gasteiger partial charge >= 0.3 is 0 Å². The number of aliphatic hydroxyl groups excluding tert-OH is 1. The molecule has 22 heavy (non-hydrogen) atoms. The Kier molecular flexibility index (Phi) is 4.89. The number of nitrogens with zero attached hydrogens (tertiary/aromatic N) is 1. The van der Waals surface area contributed by atoms with Gasteiger partial charge in [0.15, 0.2) is 0 Å². The summed E-state index contributed by atoms with van der Waals surface area (Å²) in [6, 6.07) is 2.15. The Morgan fingerprint density at radius 1 is 1.27 bits per heavy atom. The smallest absolute Gasteiger partial charge is 0.211 e. The van der Waals surface area contributed by atoms with Gasteiger partial charge in [-0.25, -0.2) is 17.2 Å². The maximum absolute atomic E-state index is 14.2. The zero-order valence-corrected chi connectivity index (χ0v) is 13.6. The number of halogens is 2. The summed E-state index contributed by atoms with van der Waals surface area (Å²) < 4.78 is 53.0. The lowest BCUT2D eigenvalue weighted by Gasteiger charge is -2.21. The molecule has 2 rings (SSSR count). The normalized spacial score (nSPS) is 17.0. The fraction of sp³-hybridized carbons (Fsp3) is 0.600. The highest BCUT2D eigenvalue weighted by Gasteiger charge is 2.46. The molecule has 1 aromatic carbocycles. The van der Waals surface area contributed by atoms with Crippen molar-refractivity contribution in [3.8, 4) is 0 Å². The first-order chi connectivity index (χ1) is 10.2. The molecule has 1 fully saturated rings. The highest BCUT2D eigenvalue weighted by atomic mass is 32.2. The lowest BCUT2D eigenvalue weighted by atomic mass is 9.95. The predicted octanol–water partition coefficient (Wildman–Crippen LogP) is 2.16. The van der Waals surface area contributed by atoms with Crippen molar-refractivity contribution in [2.45, 2.75) is 38.1 Å². The molecule has 1 N–H and O–H groups in total. The molecule has 0 aliphatic heterocycles. The highest BCUT2D eigenvalue weighted by molar-refractivity contribution is 7.88. The summed E-state index contributed by atoms with van der Waals surface area (Å²) in [6.07, 6.45) is 2.90. The Labute approximate surface area is 129 Å². The van der Waals surface area contributed by atoms with Crippen molar-refractivity contribution in [3.05, 3.63) is 34.9 Å². The van der Waals surface area contributed by atoms with Crippen LogP contribution in [0.3, 0.4) is 0 Å². The summed E-state index contributed by atoms with van der Waals surface area (Å²) >= 11 is 0. The first-order valence-corrected chi connectivity index (χ1v) is 9.13. The van der Waals surface area contributed by atoms with Crippen LogP contribution in [0.2, 0.25) is 0 Å². The van der Waals surface area contributed by atoms with E-state index in [1.807, 2.05) is 6.92 Å². The van der Waals surface area contributed by atoms with Gasteiger partial charge in [-0.3, -0.25) is 0 Å². The van der Waals surface area contributed by atoms with E-state index in [1.54, 1.807) is 0 Å². The average molecular weight is 333 g/mol. The van der Waals surface area contributed by atoms with Crippen LogP contribution in [-0.4, -0.2) is 37.2 Å². The topological polar surface area (TPSA) is 57.6 Å². The molecule has 1 aromatic rings. The summed E-state index contributed by atoms with van der Waals surface area (Å²) in [6.45, 7) is 1.66. The zero-order chi connectivity index (χ0) is 16.5. The molecule has 0 aromatic heterocycles. The van der Waals surface area contributed by atoms with Crippen LogP contribution in [0.1, 0.15) is 37.3 Å². The van der Waals surface area contributed by atoms with Crippen LogP contribution in [0.4, 0.5) is 8.78 Å². The van der Waals surface area contributed by atoms with Crippen molar-refractivity contribution in [2.24, 2.45) is 0 Å². The number of rotatable bonds is 7. The van der Waals surface area contributed by atoms with Crippen LogP contribution in [0.15, 0.2) is 12.1 Å². The summed E-state index contributed by atoms with van der Waals surface area (Å²) in [5.74, 6) is -1.23. The van der Waals surface area contributed by atoms with Crippen molar-refractivity contribution in [1.29, 1.82) is 0 Å². The van der Waals surface area contributed by atoms with Crippen molar-refractivity contribution in [3.63, 3.8) is 0 Å². The van der Waals surface area contributed by atoms with E-state index in [2.05, 4.69) is 0 Å². The minimum atomic E-state index is -3.48. The Morgan fingerprint density at radius 3 is 2.36 bits per heavy atom. The molecule has 0 unspecified atom stereocenters. The fourth-order valence-electron chi connectivity index (χ4n) is 2.58. The molecule has 0 heterocycles. The first kappa shape index (κ1) is 17.3. The van der Waals surface area contributed by atoms with Crippen LogP contribution < -0.4 is 0 Å². The molecule has 0 amide bonds. The third-order valence-electron chi connectivity index (χ3n) is 4.15. The van der Waals surface area contributed by atoms with Crippen LogP contribution >= 0.6 is 0 Å². The number of hydrogen-bond acceptors (Lipinski definition) is 3. The monoisotopic (exact) mass is 333 g/mol. The molecular weight excluding hydrogens is 312 g/mol. The predicted molar refractivity (Wildman–Crippen MR) is 79.9 cm³/mol. The van der Waals surface area contributed by atoms with E-state index in [9.17, 15) is 22.3 Å².